The molecule has 0 aliphatic heterocycles. The average molecular weight is 269 g/mol. The number of rotatable bonds is 4. The minimum absolute atomic E-state index is 0.435. The van der Waals surface area contributed by atoms with E-state index in [2.05, 4.69) is 60.8 Å². The first-order valence-corrected chi connectivity index (χ1v) is 7.56. The summed E-state index contributed by atoms with van der Waals surface area (Å²) in [6, 6.07) is 11.9. The van der Waals surface area contributed by atoms with Crippen molar-refractivity contribution in [3.05, 3.63) is 53.3 Å². The Bertz CT molecular complexity index is 571. The second-order valence-corrected chi connectivity index (χ2v) is 5.97. The number of aromatic nitrogens is 2. The molecule has 1 heterocycles. The summed E-state index contributed by atoms with van der Waals surface area (Å²) in [5, 5.41) is 8.25. The zero-order valence-electron chi connectivity index (χ0n) is 12.3. The van der Waals surface area contributed by atoms with Gasteiger partial charge < -0.3 is 5.32 Å². The molecule has 2 aromatic rings. The molecule has 1 atom stereocenters. The minimum atomic E-state index is 0.435. The van der Waals surface area contributed by atoms with E-state index in [0.717, 1.165) is 18.7 Å². The fraction of sp³-hybridized carbons (Fsp3) is 0.471. The van der Waals surface area contributed by atoms with Gasteiger partial charge in [-0.1, -0.05) is 24.3 Å². The molecule has 3 heteroatoms. The van der Waals surface area contributed by atoms with E-state index >= 15 is 0 Å². The molecule has 3 rings (SSSR count). The van der Waals surface area contributed by atoms with Gasteiger partial charge in [0.1, 0.15) is 0 Å². The van der Waals surface area contributed by atoms with Crippen LogP contribution >= 0.6 is 0 Å². The third kappa shape index (κ3) is 2.93. The van der Waals surface area contributed by atoms with Gasteiger partial charge in [-0.25, -0.2) is 0 Å². The Labute approximate surface area is 121 Å². The van der Waals surface area contributed by atoms with Crippen LogP contribution in [0.25, 0.3) is 0 Å². The molecule has 1 aromatic heterocycles. The fourth-order valence-corrected chi connectivity index (χ4v) is 2.88. The van der Waals surface area contributed by atoms with E-state index in [1.54, 1.807) is 0 Å². The Morgan fingerprint density at radius 1 is 1.25 bits per heavy atom. The lowest BCUT2D eigenvalue weighted by Gasteiger charge is -2.25. The third-order valence-corrected chi connectivity index (χ3v) is 4.11. The van der Waals surface area contributed by atoms with Gasteiger partial charge in [0.2, 0.25) is 0 Å². The minimum Gasteiger partial charge on any atom is -0.308 e. The van der Waals surface area contributed by atoms with Gasteiger partial charge in [0.05, 0.1) is 5.69 Å². The van der Waals surface area contributed by atoms with Crippen molar-refractivity contribution >= 4 is 0 Å². The highest BCUT2D eigenvalue weighted by molar-refractivity contribution is 5.30. The Hall–Kier alpha value is -1.61. The van der Waals surface area contributed by atoms with E-state index in [0.29, 0.717) is 12.1 Å². The Morgan fingerprint density at radius 2 is 2.05 bits per heavy atom. The van der Waals surface area contributed by atoms with Gasteiger partial charge in [0, 0.05) is 24.8 Å². The van der Waals surface area contributed by atoms with Crippen molar-refractivity contribution in [2.24, 2.45) is 0 Å². The van der Waals surface area contributed by atoms with Crippen LogP contribution < -0.4 is 5.32 Å². The highest BCUT2D eigenvalue weighted by Crippen LogP contribution is 2.21. The Balaban J connectivity index is 1.57. The largest absolute Gasteiger partial charge is 0.308 e. The Morgan fingerprint density at radius 3 is 2.80 bits per heavy atom. The first-order valence-electron chi connectivity index (χ1n) is 7.56. The predicted molar refractivity (Wildman–Crippen MR) is 81.7 cm³/mol. The molecule has 106 valence electrons. The van der Waals surface area contributed by atoms with E-state index in [-0.39, 0.29) is 0 Å². The summed E-state index contributed by atoms with van der Waals surface area (Å²) in [7, 11) is 0. The monoisotopic (exact) mass is 269 g/mol. The maximum Gasteiger partial charge on any atom is 0.0762 e. The number of fused-ring (bicyclic) bond motifs is 1. The van der Waals surface area contributed by atoms with Gasteiger partial charge in [0.25, 0.3) is 0 Å². The van der Waals surface area contributed by atoms with Crippen LogP contribution in [0.2, 0.25) is 0 Å². The number of aryl methyl sites for hydroxylation is 1. The van der Waals surface area contributed by atoms with Crippen molar-refractivity contribution in [1.29, 1.82) is 0 Å². The van der Waals surface area contributed by atoms with Gasteiger partial charge in [-0.2, -0.15) is 5.10 Å². The summed E-state index contributed by atoms with van der Waals surface area (Å²) in [5.41, 5.74) is 4.16. The van der Waals surface area contributed by atoms with E-state index in [4.69, 9.17) is 0 Å². The van der Waals surface area contributed by atoms with Crippen LogP contribution in [0.15, 0.2) is 36.5 Å². The van der Waals surface area contributed by atoms with Gasteiger partial charge in [-0.15, -0.1) is 0 Å². The van der Waals surface area contributed by atoms with E-state index in [1.165, 1.54) is 24.0 Å². The molecule has 0 bridgehead atoms. The highest BCUT2D eigenvalue weighted by atomic mass is 15.3. The second-order valence-electron chi connectivity index (χ2n) is 5.97. The lowest BCUT2D eigenvalue weighted by atomic mass is 9.88. The van der Waals surface area contributed by atoms with Gasteiger partial charge in [-0.05, 0) is 50.3 Å². The highest BCUT2D eigenvalue weighted by Gasteiger charge is 2.17. The van der Waals surface area contributed by atoms with Crippen molar-refractivity contribution in [3.8, 4) is 0 Å². The molecule has 1 aromatic carbocycles. The molecule has 0 radical (unpaired) electrons. The van der Waals surface area contributed by atoms with Crippen LogP contribution in [0, 0.1) is 0 Å². The molecule has 1 unspecified atom stereocenters. The van der Waals surface area contributed by atoms with Crippen molar-refractivity contribution in [3.63, 3.8) is 0 Å². The molecule has 0 fully saturated rings. The lowest BCUT2D eigenvalue weighted by Crippen LogP contribution is -2.34. The average Bonchev–Trinajstić information content (AvgIpc) is 2.94. The summed E-state index contributed by atoms with van der Waals surface area (Å²) in [5.74, 6) is 0. The predicted octanol–water partition coefficient (Wildman–Crippen LogP) is 3.11. The van der Waals surface area contributed by atoms with Crippen molar-refractivity contribution < 1.29 is 0 Å². The summed E-state index contributed by atoms with van der Waals surface area (Å²) in [6.07, 6.45) is 5.62. The molecule has 0 amide bonds. The zero-order chi connectivity index (χ0) is 13.9. The SMILES string of the molecule is CC(C)n1ccc(CNC2CCc3ccccc3C2)n1. The topological polar surface area (TPSA) is 29.9 Å². The first-order chi connectivity index (χ1) is 9.72. The van der Waals surface area contributed by atoms with Crippen LogP contribution in [-0.2, 0) is 19.4 Å². The van der Waals surface area contributed by atoms with Crippen molar-refractivity contribution in [2.45, 2.75) is 51.7 Å². The molecule has 1 N–H and O–H groups in total. The lowest BCUT2D eigenvalue weighted by molar-refractivity contribution is 0.449. The molecule has 1 aliphatic rings. The summed E-state index contributed by atoms with van der Waals surface area (Å²) >= 11 is 0. The molecule has 0 saturated heterocycles. The van der Waals surface area contributed by atoms with Gasteiger partial charge in [-0.3, -0.25) is 4.68 Å². The molecule has 3 nitrogen and oxygen atoms in total. The molecule has 20 heavy (non-hydrogen) atoms. The van der Waals surface area contributed by atoms with Crippen LogP contribution in [0.4, 0.5) is 0 Å². The van der Waals surface area contributed by atoms with Gasteiger partial charge >= 0.3 is 0 Å². The molecular formula is C17H23N3. The first kappa shape index (κ1) is 13.4. The van der Waals surface area contributed by atoms with E-state index in [9.17, 15) is 0 Å². The van der Waals surface area contributed by atoms with Crippen LogP contribution in [0.1, 0.15) is 43.1 Å². The third-order valence-electron chi connectivity index (χ3n) is 4.11. The second kappa shape index (κ2) is 5.80. The quantitative estimate of drug-likeness (QED) is 0.924. The van der Waals surface area contributed by atoms with E-state index < -0.39 is 0 Å². The van der Waals surface area contributed by atoms with Crippen LogP contribution in [0.5, 0.6) is 0 Å². The zero-order valence-corrected chi connectivity index (χ0v) is 12.3. The summed E-state index contributed by atoms with van der Waals surface area (Å²) in [6.45, 7) is 5.18. The standard InChI is InChI=1S/C17H23N3/c1-13(2)20-10-9-17(19-20)12-18-16-8-7-14-5-3-4-6-15(14)11-16/h3-6,9-10,13,16,18H,7-8,11-12H2,1-2H3. The number of nitrogens with one attached hydrogen (secondary N) is 1. The molecule has 0 spiro atoms. The molecular weight excluding hydrogens is 246 g/mol. The summed E-state index contributed by atoms with van der Waals surface area (Å²) in [4.78, 5) is 0. The molecule has 0 saturated carbocycles. The number of benzene rings is 1. The van der Waals surface area contributed by atoms with Crippen molar-refractivity contribution in [1.82, 2.24) is 15.1 Å². The fourth-order valence-electron chi connectivity index (χ4n) is 2.88. The van der Waals surface area contributed by atoms with Crippen molar-refractivity contribution in [2.75, 3.05) is 0 Å². The normalized spacial score (nSPS) is 18.2. The van der Waals surface area contributed by atoms with E-state index in [1.807, 2.05) is 4.68 Å². The summed E-state index contributed by atoms with van der Waals surface area (Å²) < 4.78 is 2.02. The number of hydrogen-bond donors (Lipinski definition) is 1. The molecule has 1 aliphatic carbocycles. The van der Waals surface area contributed by atoms with Crippen LogP contribution in [0.3, 0.4) is 0 Å². The number of nitrogens with zero attached hydrogens (tertiary/aromatic N) is 2. The van der Waals surface area contributed by atoms with Gasteiger partial charge in [0.15, 0.2) is 0 Å². The maximum atomic E-state index is 4.59. The number of hydrogen-bond acceptors (Lipinski definition) is 2. The Kier molecular flexibility index (Phi) is 3.88. The van der Waals surface area contributed by atoms with Crippen LogP contribution in [-0.4, -0.2) is 15.8 Å². The smallest absolute Gasteiger partial charge is 0.0762 e. The maximum absolute atomic E-state index is 4.59.